The summed E-state index contributed by atoms with van der Waals surface area (Å²) in [4.78, 5) is 35.8. The molecule has 2 aromatic rings. The molecule has 1 saturated heterocycles. The first-order chi connectivity index (χ1) is 14.3. The van der Waals surface area contributed by atoms with Gasteiger partial charge >= 0.3 is 0 Å². The zero-order chi connectivity index (χ0) is 21.7. The van der Waals surface area contributed by atoms with Gasteiger partial charge in [-0.15, -0.1) is 0 Å². The lowest BCUT2D eigenvalue weighted by molar-refractivity contribution is -0.131. The van der Waals surface area contributed by atoms with Crippen LogP contribution in [0.2, 0.25) is 0 Å². The molecule has 1 atom stereocenters. The number of carbonyl (C=O) groups excluding carboxylic acids is 3. The molecule has 10 nitrogen and oxygen atoms in total. The van der Waals surface area contributed by atoms with Gasteiger partial charge < -0.3 is 20.4 Å². The molecule has 3 N–H and O–H groups in total. The highest BCUT2D eigenvalue weighted by molar-refractivity contribution is 7.89. The van der Waals surface area contributed by atoms with E-state index in [0.29, 0.717) is 11.4 Å². The monoisotopic (exact) mass is 434 g/mol. The third-order valence-corrected chi connectivity index (χ3v) is 6.40. The number of hydrogen-bond acceptors (Lipinski definition) is 6. The Bertz CT molecular complexity index is 1020. The Balaban J connectivity index is 1.74. The summed E-state index contributed by atoms with van der Waals surface area (Å²) in [5, 5.41) is 7.77. The van der Waals surface area contributed by atoms with Crippen LogP contribution in [0, 0.1) is 0 Å². The first-order valence-corrected chi connectivity index (χ1v) is 10.7. The van der Waals surface area contributed by atoms with Gasteiger partial charge in [0.15, 0.2) is 0 Å². The number of nitrogens with zero attached hydrogens (tertiary/aromatic N) is 1. The first kappa shape index (κ1) is 21.5. The molecule has 1 aromatic carbocycles. The van der Waals surface area contributed by atoms with E-state index in [1.807, 2.05) is 0 Å². The fraction of sp³-hybridized carbons (Fsp3) is 0.316. The average Bonchev–Trinajstić information content (AvgIpc) is 3.21. The van der Waals surface area contributed by atoms with E-state index in [-0.39, 0.29) is 36.9 Å². The minimum atomic E-state index is -4.03. The van der Waals surface area contributed by atoms with Gasteiger partial charge in [0.2, 0.25) is 27.7 Å². The number of benzene rings is 1. The number of rotatable bonds is 7. The molecule has 3 amide bonds. The fourth-order valence-corrected chi connectivity index (χ4v) is 4.66. The highest BCUT2D eigenvalue weighted by Crippen LogP contribution is 2.23. The van der Waals surface area contributed by atoms with Gasteiger partial charge in [0.25, 0.3) is 0 Å². The number of sulfonamides is 1. The average molecular weight is 434 g/mol. The quantitative estimate of drug-likeness (QED) is 0.578. The molecule has 0 unspecified atom stereocenters. The van der Waals surface area contributed by atoms with Crippen molar-refractivity contribution in [2.24, 2.45) is 0 Å². The SMILES string of the molecule is CC(=O)Nc1ccc(S(=O)(=O)N2CCNC(=O)[C@@H]2CC(=O)NCc2ccco2)cc1. The van der Waals surface area contributed by atoms with E-state index in [9.17, 15) is 22.8 Å². The van der Waals surface area contributed by atoms with Crippen molar-refractivity contribution in [3.63, 3.8) is 0 Å². The van der Waals surface area contributed by atoms with E-state index in [2.05, 4.69) is 16.0 Å². The lowest BCUT2D eigenvalue weighted by Gasteiger charge is -2.33. The van der Waals surface area contributed by atoms with Crippen LogP contribution >= 0.6 is 0 Å². The Morgan fingerprint density at radius 1 is 1.23 bits per heavy atom. The maximum Gasteiger partial charge on any atom is 0.243 e. The van der Waals surface area contributed by atoms with Crippen molar-refractivity contribution in [2.75, 3.05) is 18.4 Å². The van der Waals surface area contributed by atoms with Crippen LogP contribution in [-0.2, 0) is 31.0 Å². The minimum Gasteiger partial charge on any atom is -0.467 e. The van der Waals surface area contributed by atoms with Crippen molar-refractivity contribution in [1.82, 2.24) is 14.9 Å². The van der Waals surface area contributed by atoms with E-state index < -0.39 is 27.9 Å². The van der Waals surface area contributed by atoms with Crippen LogP contribution in [0.4, 0.5) is 5.69 Å². The molecule has 0 saturated carbocycles. The standard InChI is InChI=1S/C19H22N4O6S/c1-13(24)22-14-4-6-16(7-5-14)30(27,28)23-9-8-20-19(26)17(23)11-18(25)21-12-15-3-2-10-29-15/h2-7,10,17H,8-9,11-12H2,1H3,(H,20,26)(H,21,25)(H,22,24)/t17-/m0/s1. The number of hydrogen-bond donors (Lipinski definition) is 3. The van der Waals surface area contributed by atoms with Crippen molar-refractivity contribution in [1.29, 1.82) is 0 Å². The molecule has 2 heterocycles. The second kappa shape index (κ2) is 9.09. The number of anilines is 1. The second-order valence-electron chi connectivity index (χ2n) is 6.69. The molecule has 0 spiro atoms. The maximum absolute atomic E-state index is 13.1. The van der Waals surface area contributed by atoms with Crippen LogP contribution in [-0.4, -0.2) is 49.6 Å². The van der Waals surface area contributed by atoms with Gasteiger partial charge in [-0.1, -0.05) is 0 Å². The number of nitrogens with one attached hydrogen (secondary N) is 3. The van der Waals surface area contributed by atoms with E-state index in [1.165, 1.54) is 37.5 Å². The smallest absolute Gasteiger partial charge is 0.243 e. The summed E-state index contributed by atoms with van der Waals surface area (Å²) in [6.07, 6.45) is 1.15. The molecule has 1 aromatic heterocycles. The van der Waals surface area contributed by atoms with Gasteiger partial charge in [0, 0.05) is 25.7 Å². The molecular weight excluding hydrogens is 412 g/mol. The molecule has 1 fully saturated rings. The normalized spacial score (nSPS) is 17.2. The fourth-order valence-electron chi connectivity index (χ4n) is 3.07. The predicted octanol–water partition coefficient (Wildman–Crippen LogP) is 0.434. The number of carbonyl (C=O) groups is 3. The van der Waals surface area contributed by atoms with Gasteiger partial charge in [-0.3, -0.25) is 14.4 Å². The summed E-state index contributed by atoms with van der Waals surface area (Å²) in [6, 6.07) is 7.82. The summed E-state index contributed by atoms with van der Waals surface area (Å²) in [7, 11) is -4.03. The molecule has 0 radical (unpaired) electrons. The van der Waals surface area contributed by atoms with E-state index in [4.69, 9.17) is 4.42 Å². The van der Waals surface area contributed by atoms with Gasteiger partial charge in [-0.05, 0) is 36.4 Å². The van der Waals surface area contributed by atoms with Crippen LogP contribution in [0.15, 0.2) is 52.0 Å². The molecule has 1 aliphatic rings. The van der Waals surface area contributed by atoms with Crippen molar-refractivity contribution in [2.45, 2.75) is 30.8 Å². The van der Waals surface area contributed by atoms with Crippen molar-refractivity contribution in [3.8, 4) is 0 Å². The Morgan fingerprint density at radius 2 is 1.97 bits per heavy atom. The number of piperazine rings is 1. The highest BCUT2D eigenvalue weighted by Gasteiger charge is 2.39. The zero-order valence-electron chi connectivity index (χ0n) is 16.3. The van der Waals surface area contributed by atoms with Crippen molar-refractivity contribution >= 4 is 33.4 Å². The molecule has 30 heavy (non-hydrogen) atoms. The molecule has 0 aliphatic carbocycles. The Kier molecular flexibility index (Phi) is 6.53. The van der Waals surface area contributed by atoms with Gasteiger partial charge in [0.05, 0.1) is 24.1 Å². The highest BCUT2D eigenvalue weighted by atomic mass is 32.2. The number of amides is 3. The largest absolute Gasteiger partial charge is 0.467 e. The van der Waals surface area contributed by atoms with E-state index >= 15 is 0 Å². The van der Waals surface area contributed by atoms with Crippen LogP contribution in [0.25, 0.3) is 0 Å². The third-order valence-electron chi connectivity index (χ3n) is 4.48. The van der Waals surface area contributed by atoms with Crippen LogP contribution in [0.5, 0.6) is 0 Å². The predicted molar refractivity (Wildman–Crippen MR) is 107 cm³/mol. The van der Waals surface area contributed by atoms with Crippen LogP contribution in [0.3, 0.4) is 0 Å². The summed E-state index contributed by atoms with van der Waals surface area (Å²) < 4.78 is 32.4. The second-order valence-corrected chi connectivity index (χ2v) is 8.58. The maximum atomic E-state index is 13.1. The van der Waals surface area contributed by atoms with Crippen LogP contribution < -0.4 is 16.0 Å². The third kappa shape index (κ3) is 5.05. The molecule has 1 aliphatic heterocycles. The molecule has 0 bridgehead atoms. The van der Waals surface area contributed by atoms with Gasteiger partial charge in [-0.25, -0.2) is 8.42 Å². The summed E-state index contributed by atoms with van der Waals surface area (Å²) in [6.45, 7) is 1.67. The lowest BCUT2D eigenvalue weighted by atomic mass is 10.1. The Hall–Kier alpha value is -3.18. The topological polar surface area (TPSA) is 138 Å². The van der Waals surface area contributed by atoms with Crippen molar-refractivity contribution in [3.05, 3.63) is 48.4 Å². The van der Waals surface area contributed by atoms with Crippen LogP contribution in [0.1, 0.15) is 19.1 Å². The molecule has 3 rings (SSSR count). The summed E-state index contributed by atoms with van der Waals surface area (Å²) in [5.74, 6) is -0.749. The van der Waals surface area contributed by atoms with E-state index in [1.54, 1.807) is 12.1 Å². The zero-order valence-corrected chi connectivity index (χ0v) is 17.1. The Labute approximate surface area is 173 Å². The van der Waals surface area contributed by atoms with Gasteiger partial charge in [0.1, 0.15) is 11.8 Å². The van der Waals surface area contributed by atoms with Gasteiger partial charge in [-0.2, -0.15) is 4.31 Å². The summed E-state index contributed by atoms with van der Waals surface area (Å²) in [5.41, 5.74) is 0.451. The van der Waals surface area contributed by atoms with Crippen molar-refractivity contribution < 1.29 is 27.2 Å². The van der Waals surface area contributed by atoms with E-state index in [0.717, 1.165) is 4.31 Å². The molecule has 160 valence electrons. The molecular formula is C19H22N4O6S. The minimum absolute atomic E-state index is 0.0349. The number of furan rings is 1. The molecule has 11 heteroatoms. The Morgan fingerprint density at radius 3 is 2.60 bits per heavy atom. The lowest BCUT2D eigenvalue weighted by Crippen LogP contribution is -2.58. The first-order valence-electron chi connectivity index (χ1n) is 9.23. The summed E-state index contributed by atoms with van der Waals surface area (Å²) >= 11 is 0.